The molecule has 2 fully saturated rings. The van der Waals surface area contributed by atoms with Gasteiger partial charge in [0.25, 0.3) is 0 Å². The van der Waals surface area contributed by atoms with Crippen LogP contribution in [0.1, 0.15) is 48.4 Å². The van der Waals surface area contributed by atoms with Crippen molar-refractivity contribution < 1.29 is 14.3 Å². The largest absolute Gasteiger partial charge is 0.445 e. The van der Waals surface area contributed by atoms with Crippen LogP contribution in [0, 0.1) is 6.92 Å². The normalized spacial score (nSPS) is 22.5. The molecule has 1 saturated carbocycles. The van der Waals surface area contributed by atoms with Gasteiger partial charge in [-0.25, -0.2) is 4.79 Å². The van der Waals surface area contributed by atoms with Crippen LogP contribution >= 0.6 is 0 Å². The number of carbonyl (C=O) groups is 1. The fourth-order valence-corrected chi connectivity index (χ4v) is 3.66. The Hall–Kier alpha value is -2.33. The van der Waals surface area contributed by atoms with E-state index in [1.807, 2.05) is 35.2 Å². The Labute approximate surface area is 161 Å². The summed E-state index contributed by atoms with van der Waals surface area (Å²) in [6.07, 6.45) is 4.48. The first-order chi connectivity index (χ1) is 13.2. The van der Waals surface area contributed by atoms with Crippen molar-refractivity contribution >= 4 is 6.09 Å². The fraction of sp³-hybridized carbons (Fsp3) is 0.435. The molecule has 1 saturated heterocycles. The average Bonchev–Trinajstić information content (AvgIpc) is 3.51. The zero-order valence-corrected chi connectivity index (χ0v) is 15.8. The van der Waals surface area contributed by atoms with Crippen LogP contribution in [-0.4, -0.2) is 29.7 Å². The van der Waals surface area contributed by atoms with E-state index in [1.165, 1.54) is 18.4 Å². The lowest BCUT2D eigenvalue weighted by Gasteiger charge is -2.39. The topological polar surface area (TPSA) is 38.8 Å². The van der Waals surface area contributed by atoms with Gasteiger partial charge in [0.15, 0.2) is 0 Å². The van der Waals surface area contributed by atoms with Crippen molar-refractivity contribution in [2.45, 2.75) is 57.5 Å². The predicted molar refractivity (Wildman–Crippen MR) is 104 cm³/mol. The molecule has 1 aliphatic carbocycles. The van der Waals surface area contributed by atoms with Gasteiger partial charge in [-0.15, -0.1) is 0 Å². The molecule has 2 aliphatic rings. The fourth-order valence-electron chi connectivity index (χ4n) is 3.66. The van der Waals surface area contributed by atoms with E-state index in [0.717, 1.165) is 24.0 Å². The molecule has 0 unspecified atom stereocenters. The summed E-state index contributed by atoms with van der Waals surface area (Å²) in [5.74, 6) is 0. The van der Waals surface area contributed by atoms with Crippen molar-refractivity contribution in [1.82, 2.24) is 4.90 Å². The average molecular weight is 365 g/mol. The van der Waals surface area contributed by atoms with Gasteiger partial charge in [-0.1, -0.05) is 60.2 Å². The number of hydrogen-bond donors (Lipinski definition) is 0. The van der Waals surface area contributed by atoms with Crippen LogP contribution in [0.2, 0.25) is 0 Å². The number of aryl methyl sites for hydroxylation is 1. The maximum absolute atomic E-state index is 12.8. The number of amides is 1. The zero-order chi connectivity index (χ0) is 18.6. The maximum Gasteiger partial charge on any atom is 0.410 e. The molecule has 1 amide bonds. The van der Waals surface area contributed by atoms with Crippen LogP contribution in [0.4, 0.5) is 4.79 Å². The van der Waals surface area contributed by atoms with E-state index in [2.05, 4.69) is 31.2 Å². The van der Waals surface area contributed by atoms with Gasteiger partial charge >= 0.3 is 6.09 Å². The standard InChI is InChI=1S/C23H27NO3/c1-17-7-9-19(10-8-17)22-15-21(27-20-11-12-20)13-14-24(22)23(25)26-16-18-5-3-2-4-6-18/h2-10,20-22H,11-16H2,1H3/t21-,22-/m0/s1. The molecule has 4 nitrogen and oxygen atoms in total. The minimum atomic E-state index is -0.241. The summed E-state index contributed by atoms with van der Waals surface area (Å²) in [6, 6.07) is 18.3. The lowest BCUT2D eigenvalue weighted by atomic mass is 9.93. The second-order valence-electron chi connectivity index (χ2n) is 7.64. The highest BCUT2D eigenvalue weighted by molar-refractivity contribution is 5.68. The molecule has 0 aromatic heterocycles. The number of ether oxygens (including phenoxy) is 2. The van der Waals surface area contributed by atoms with Gasteiger partial charge in [0.1, 0.15) is 6.61 Å². The van der Waals surface area contributed by atoms with E-state index < -0.39 is 0 Å². The molecule has 1 heterocycles. The Kier molecular flexibility index (Phi) is 5.44. The number of nitrogens with zero attached hydrogens (tertiary/aromatic N) is 1. The number of carbonyl (C=O) groups excluding carboxylic acids is 1. The first kappa shape index (κ1) is 18.1. The van der Waals surface area contributed by atoms with Crippen LogP contribution in [-0.2, 0) is 16.1 Å². The summed E-state index contributed by atoms with van der Waals surface area (Å²) in [4.78, 5) is 14.7. The third-order valence-corrected chi connectivity index (χ3v) is 5.37. The Bertz CT molecular complexity index is 755. The number of likely N-dealkylation sites (tertiary alicyclic amines) is 1. The number of piperidine rings is 1. The number of benzene rings is 2. The van der Waals surface area contributed by atoms with Crippen LogP contribution < -0.4 is 0 Å². The van der Waals surface area contributed by atoms with Gasteiger partial charge in [-0.2, -0.15) is 0 Å². The molecule has 0 bridgehead atoms. The molecule has 142 valence electrons. The first-order valence-electron chi connectivity index (χ1n) is 9.88. The molecule has 2 aromatic carbocycles. The summed E-state index contributed by atoms with van der Waals surface area (Å²) in [5.41, 5.74) is 3.38. The molecule has 2 atom stereocenters. The Morgan fingerprint density at radius 3 is 2.44 bits per heavy atom. The number of rotatable bonds is 5. The highest BCUT2D eigenvalue weighted by atomic mass is 16.6. The summed E-state index contributed by atoms with van der Waals surface area (Å²) >= 11 is 0. The lowest BCUT2D eigenvalue weighted by Crippen LogP contribution is -2.43. The summed E-state index contributed by atoms with van der Waals surface area (Å²) in [5, 5.41) is 0. The van der Waals surface area contributed by atoms with E-state index in [0.29, 0.717) is 19.3 Å². The third-order valence-electron chi connectivity index (χ3n) is 5.37. The van der Waals surface area contributed by atoms with E-state index >= 15 is 0 Å². The zero-order valence-electron chi connectivity index (χ0n) is 15.8. The van der Waals surface area contributed by atoms with Crippen molar-refractivity contribution in [3.05, 3.63) is 71.3 Å². The summed E-state index contributed by atoms with van der Waals surface area (Å²) in [7, 11) is 0. The molecular formula is C23H27NO3. The molecule has 0 N–H and O–H groups in total. The second-order valence-corrected chi connectivity index (χ2v) is 7.64. The van der Waals surface area contributed by atoms with E-state index in [1.54, 1.807) is 0 Å². The van der Waals surface area contributed by atoms with Crippen molar-refractivity contribution in [2.75, 3.05) is 6.54 Å². The highest BCUT2D eigenvalue weighted by Gasteiger charge is 2.36. The van der Waals surface area contributed by atoms with Crippen LogP contribution in [0.25, 0.3) is 0 Å². The summed E-state index contributed by atoms with van der Waals surface area (Å²) < 4.78 is 11.8. The molecule has 2 aromatic rings. The van der Waals surface area contributed by atoms with Gasteiger partial charge in [0, 0.05) is 6.54 Å². The van der Waals surface area contributed by atoms with E-state index in [9.17, 15) is 4.79 Å². The minimum absolute atomic E-state index is 0.00590. The quantitative estimate of drug-likeness (QED) is 0.747. The van der Waals surface area contributed by atoms with Crippen molar-refractivity contribution in [1.29, 1.82) is 0 Å². The molecular weight excluding hydrogens is 338 g/mol. The van der Waals surface area contributed by atoms with Crippen LogP contribution in [0.15, 0.2) is 54.6 Å². The minimum Gasteiger partial charge on any atom is -0.445 e. The molecule has 1 aliphatic heterocycles. The molecule has 0 spiro atoms. The Morgan fingerprint density at radius 2 is 1.74 bits per heavy atom. The van der Waals surface area contributed by atoms with E-state index in [4.69, 9.17) is 9.47 Å². The SMILES string of the molecule is Cc1ccc([C@@H]2C[C@@H](OC3CC3)CCN2C(=O)OCc2ccccc2)cc1. The van der Waals surface area contributed by atoms with Crippen LogP contribution in [0.5, 0.6) is 0 Å². The van der Waals surface area contributed by atoms with Crippen molar-refractivity contribution in [3.63, 3.8) is 0 Å². The van der Waals surface area contributed by atoms with E-state index in [-0.39, 0.29) is 18.2 Å². The Balaban J connectivity index is 1.46. The maximum atomic E-state index is 12.8. The van der Waals surface area contributed by atoms with Gasteiger partial charge in [0.2, 0.25) is 0 Å². The highest BCUT2D eigenvalue weighted by Crippen LogP contribution is 2.36. The Morgan fingerprint density at radius 1 is 1.00 bits per heavy atom. The molecule has 4 rings (SSSR count). The van der Waals surface area contributed by atoms with Gasteiger partial charge in [0.05, 0.1) is 18.2 Å². The van der Waals surface area contributed by atoms with Gasteiger partial charge in [-0.05, 0) is 43.7 Å². The van der Waals surface area contributed by atoms with Crippen LogP contribution in [0.3, 0.4) is 0 Å². The van der Waals surface area contributed by atoms with Gasteiger partial charge in [-0.3, -0.25) is 0 Å². The second kappa shape index (κ2) is 8.13. The molecule has 27 heavy (non-hydrogen) atoms. The first-order valence-corrected chi connectivity index (χ1v) is 9.88. The van der Waals surface area contributed by atoms with Crippen molar-refractivity contribution in [3.8, 4) is 0 Å². The summed E-state index contributed by atoms with van der Waals surface area (Å²) in [6.45, 7) is 3.05. The third kappa shape index (κ3) is 4.69. The number of hydrogen-bond acceptors (Lipinski definition) is 3. The smallest absolute Gasteiger partial charge is 0.410 e. The molecule has 4 heteroatoms. The van der Waals surface area contributed by atoms with Crippen molar-refractivity contribution in [2.24, 2.45) is 0 Å². The lowest BCUT2D eigenvalue weighted by molar-refractivity contribution is -0.0248. The molecule has 0 radical (unpaired) electrons. The predicted octanol–water partition coefficient (Wildman–Crippen LogP) is 5.02. The van der Waals surface area contributed by atoms with Gasteiger partial charge < -0.3 is 14.4 Å². The monoisotopic (exact) mass is 365 g/mol.